The number of amides is 4. The second-order valence-electron chi connectivity index (χ2n) is 24.7. The highest BCUT2D eigenvalue weighted by Gasteiger charge is 2.23. The molecule has 3 aliphatic rings. The van der Waals surface area contributed by atoms with E-state index < -0.39 is 0 Å². The number of hydrogen-bond donors (Lipinski definition) is 6. The van der Waals surface area contributed by atoms with Gasteiger partial charge in [0, 0.05) is 102 Å². The maximum absolute atomic E-state index is 12.8. The van der Waals surface area contributed by atoms with Gasteiger partial charge in [-0.15, -0.1) is 0 Å². The van der Waals surface area contributed by atoms with Crippen LogP contribution < -0.4 is 46.6 Å². The van der Waals surface area contributed by atoms with Crippen molar-refractivity contribution in [3.63, 3.8) is 0 Å². The van der Waals surface area contributed by atoms with Crippen molar-refractivity contribution in [3.8, 4) is 46.1 Å². The van der Waals surface area contributed by atoms with Crippen molar-refractivity contribution in [1.29, 1.82) is 0 Å². The first-order chi connectivity index (χ1) is 52.5. The van der Waals surface area contributed by atoms with Gasteiger partial charge < -0.3 is 25.3 Å². The third kappa shape index (κ3) is 20.6. The Morgan fingerprint density at radius 3 is 1.18 bits per heavy atom. The molecule has 12 aromatic heterocycles. The predicted molar refractivity (Wildman–Crippen MR) is 407 cm³/mol. The van der Waals surface area contributed by atoms with Crippen LogP contribution in [0.3, 0.4) is 0 Å². The summed E-state index contributed by atoms with van der Waals surface area (Å²) in [6, 6.07) is 36.8. The van der Waals surface area contributed by atoms with Gasteiger partial charge in [0.1, 0.15) is 69.3 Å². The number of nitrogens with one attached hydrogen (secondary N) is 6. The van der Waals surface area contributed by atoms with Crippen molar-refractivity contribution in [3.05, 3.63) is 216 Å². The van der Waals surface area contributed by atoms with Crippen LogP contribution in [-0.2, 0) is 0 Å². The Labute approximate surface area is 621 Å². The third-order valence-corrected chi connectivity index (χ3v) is 16.5. The van der Waals surface area contributed by atoms with Gasteiger partial charge in [0.15, 0.2) is 23.3 Å². The number of rotatable bonds is 18. The molecule has 15 rings (SSSR count). The molecule has 1 saturated carbocycles. The van der Waals surface area contributed by atoms with Crippen molar-refractivity contribution in [2.45, 2.75) is 73.3 Å². The number of anilines is 8. The van der Waals surface area contributed by atoms with Crippen LogP contribution in [0, 0.1) is 34.6 Å². The molecule has 0 atom stereocenters. The Bertz CT molecular complexity index is 5050. The SMILES string of the molecule is CCN(C)c1ccc(C(=O)Nc2nc(C)nc(-c3ccccn3)n2)cn1.Cc1nc(NC(=O)c2ccc(N3CCCC3)nc2)nc(-c2ccccn2)n1.Cc1nc(NC(=O)c2ccc(N3CCNCC3)nc2C)nc(-c2ccccn2)n1.Cc1nc(NC(=O)c2ccc(NC3CC3)nc2)nc(-c2ccccn2)n1. The summed E-state index contributed by atoms with van der Waals surface area (Å²) in [6.45, 7) is 17.4. The smallest absolute Gasteiger partial charge is 0.259 e. The average molecular weight is 1450 g/mol. The Morgan fingerprint density at radius 2 is 0.815 bits per heavy atom. The number of pyridine rings is 8. The van der Waals surface area contributed by atoms with E-state index in [9.17, 15) is 19.2 Å². The van der Waals surface area contributed by atoms with Crippen LogP contribution >= 0.6 is 0 Å². The Hall–Kier alpha value is -13.7. The van der Waals surface area contributed by atoms with Crippen molar-refractivity contribution in [1.82, 2.24) is 105 Å². The van der Waals surface area contributed by atoms with Crippen LogP contribution in [0.25, 0.3) is 46.1 Å². The van der Waals surface area contributed by atoms with Gasteiger partial charge in [-0.2, -0.15) is 39.9 Å². The van der Waals surface area contributed by atoms with Crippen molar-refractivity contribution < 1.29 is 19.2 Å². The fraction of sp³-hybridized carbons (Fsp3) is 0.253. The number of aryl methyl sites for hydroxylation is 5. The van der Waals surface area contributed by atoms with Crippen LogP contribution in [0.4, 0.5) is 47.1 Å². The van der Waals surface area contributed by atoms with Gasteiger partial charge in [0.25, 0.3) is 23.6 Å². The Kier molecular flexibility index (Phi) is 24.4. The number of aromatic nitrogens is 20. The van der Waals surface area contributed by atoms with Gasteiger partial charge in [0.05, 0.1) is 27.9 Å². The lowest BCUT2D eigenvalue weighted by atomic mass is 10.2. The molecule has 14 heterocycles. The molecule has 0 unspecified atom stereocenters. The summed E-state index contributed by atoms with van der Waals surface area (Å²) in [4.78, 5) is 142. The summed E-state index contributed by atoms with van der Waals surface area (Å²) < 4.78 is 0. The molecule has 546 valence electrons. The fourth-order valence-corrected chi connectivity index (χ4v) is 10.7. The van der Waals surface area contributed by atoms with Crippen LogP contribution in [0.5, 0.6) is 0 Å². The lowest BCUT2D eigenvalue weighted by molar-refractivity contribution is 0.101. The Morgan fingerprint density at radius 1 is 0.417 bits per heavy atom. The van der Waals surface area contributed by atoms with E-state index in [2.05, 4.69) is 141 Å². The summed E-state index contributed by atoms with van der Waals surface area (Å²) in [7, 11) is 1.94. The largest absolute Gasteiger partial charge is 0.367 e. The lowest BCUT2D eigenvalue weighted by Crippen LogP contribution is -2.44. The lowest BCUT2D eigenvalue weighted by Gasteiger charge is -2.28. The highest BCUT2D eigenvalue weighted by molar-refractivity contribution is 6.05. The second kappa shape index (κ2) is 35.6. The summed E-state index contributed by atoms with van der Waals surface area (Å²) in [5.74, 6) is 6.48. The first-order valence-corrected chi connectivity index (χ1v) is 34.9. The molecular formula is C75H77N29O4. The van der Waals surface area contributed by atoms with E-state index in [1.165, 1.54) is 38.1 Å². The van der Waals surface area contributed by atoms with Crippen molar-refractivity contribution >= 4 is 70.7 Å². The van der Waals surface area contributed by atoms with Gasteiger partial charge in [-0.25, -0.2) is 39.9 Å². The Balaban J connectivity index is 0.000000135. The van der Waals surface area contributed by atoms with E-state index in [4.69, 9.17) is 0 Å². The van der Waals surface area contributed by atoms with E-state index >= 15 is 0 Å². The third-order valence-electron chi connectivity index (χ3n) is 16.5. The number of carbonyl (C=O) groups is 4. The monoisotopic (exact) mass is 1450 g/mol. The minimum atomic E-state index is -0.333. The van der Waals surface area contributed by atoms with Gasteiger partial charge in [-0.05, 0) is 164 Å². The standard InChI is InChI=1S/C20H22N8O.C19H19N7O.C18H17N7O.C18H19N7O/c1-13-15(6-7-17(23-13)28-11-9-21-10-12-28)19(29)27-20-25-14(2)24-18(26-20)16-5-3-4-8-22-16;1-13-22-17(15-6-2-3-9-20-15)24-19(23-13)25-18(27)14-7-8-16(21-12-14)26-10-4-5-11-26;1-11-21-16(14-4-2-3-9-19-14)24-18(22-11)25-17(26)12-5-8-15(20-10-12)23-13-6-7-13;1-4-25(3)15-9-8-13(11-20-15)17(26)24-18-22-12(2)21-16(23-18)14-7-5-6-10-19-14/h3-8,21H,9-12H2,1-2H3,(H,24,25,26,27,29);2-3,6-9,12H,4-5,10-11H2,1H3,(H,22,23,24,25,27);2-5,8-10,13H,6-7H2,1H3,(H,20,23)(H,21,22,24,25,26);5-11H,4H2,1-3H3,(H,21,22,23,24,26). The fourth-order valence-electron chi connectivity index (χ4n) is 10.7. The summed E-state index contributed by atoms with van der Waals surface area (Å²) >= 11 is 0. The van der Waals surface area contributed by atoms with Crippen LogP contribution in [0.2, 0.25) is 0 Å². The molecule has 33 nitrogen and oxygen atoms in total. The number of piperazine rings is 1. The second-order valence-corrected chi connectivity index (χ2v) is 24.7. The topological polar surface area (TPSA) is 408 Å². The zero-order valence-corrected chi connectivity index (χ0v) is 60.4. The number of hydrogen-bond acceptors (Lipinski definition) is 29. The molecule has 33 heteroatoms. The molecule has 0 radical (unpaired) electrons. The molecule has 3 fully saturated rings. The first-order valence-electron chi connectivity index (χ1n) is 34.9. The van der Waals surface area contributed by atoms with Crippen molar-refractivity contribution in [2.75, 3.05) is 94.1 Å². The highest BCUT2D eigenvalue weighted by Crippen LogP contribution is 2.25. The molecule has 0 aromatic carbocycles. The minimum absolute atomic E-state index is 0.179. The van der Waals surface area contributed by atoms with E-state index in [1.807, 2.05) is 92.5 Å². The summed E-state index contributed by atoms with van der Waals surface area (Å²) in [5, 5.41) is 17.5. The molecule has 4 amide bonds. The van der Waals surface area contributed by atoms with E-state index in [0.29, 0.717) is 103 Å². The van der Waals surface area contributed by atoms with E-state index in [-0.39, 0.29) is 47.4 Å². The quantitative estimate of drug-likeness (QED) is 0.0466. The van der Waals surface area contributed by atoms with Crippen molar-refractivity contribution in [2.24, 2.45) is 0 Å². The maximum Gasteiger partial charge on any atom is 0.259 e. The maximum atomic E-state index is 12.8. The molecule has 2 aliphatic heterocycles. The normalized spacial score (nSPS) is 12.8. The molecule has 12 aromatic rings. The van der Waals surface area contributed by atoms with Crippen LogP contribution in [0.15, 0.2) is 165 Å². The van der Waals surface area contributed by atoms with Gasteiger partial charge in [-0.3, -0.25) is 60.4 Å². The molecular weight excluding hydrogens is 1370 g/mol. The van der Waals surface area contributed by atoms with Crippen LogP contribution in [0.1, 0.15) is 103 Å². The van der Waals surface area contributed by atoms with E-state index in [1.54, 1.807) is 113 Å². The molecule has 2 saturated heterocycles. The summed E-state index contributed by atoms with van der Waals surface area (Å²) in [6.07, 6.45) is 16.0. The number of nitrogens with zero attached hydrogens (tertiary/aromatic N) is 23. The summed E-state index contributed by atoms with van der Waals surface area (Å²) in [5.41, 5.74) is 4.93. The predicted octanol–water partition coefficient (Wildman–Crippen LogP) is 8.91. The average Bonchev–Trinajstić information content (AvgIpc) is 0.843. The zero-order valence-electron chi connectivity index (χ0n) is 60.4. The van der Waals surface area contributed by atoms with Gasteiger partial charge >= 0.3 is 0 Å². The molecule has 0 bridgehead atoms. The molecule has 0 spiro atoms. The zero-order chi connectivity index (χ0) is 75.3. The minimum Gasteiger partial charge on any atom is -0.367 e. The van der Waals surface area contributed by atoms with E-state index in [0.717, 1.165) is 69.1 Å². The molecule has 1 aliphatic carbocycles. The molecule has 6 N–H and O–H groups in total. The van der Waals surface area contributed by atoms with Crippen LogP contribution in [-0.4, -0.2) is 182 Å². The number of carbonyl (C=O) groups excluding carboxylic acids is 4. The van der Waals surface area contributed by atoms with Gasteiger partial charge in [-0.1, -0.05) is 24.3 Å². The van der Waals surface area contributed by atoms with Gasteiger partial charge in [0.2, 0.25) is 23.8 Å². The first kappa shape index (κ1) is 74.0. The molecule has 108 heavy (non-hydrogen) atoms. The highest BCUT2D eigenvalue weighted by atomic mass is 16.2.